The first kappa shape index (κ1) is 10.5. The predicted octanol–water partition coefficient (Wildman–Crippen LogP) is 3.38. The molecule has 0 aromatic carbocycles. The zero-order chi connectivity index (χ0) is 10.7. The first-order valence-corrected chi connectivity index (χ1v) is 5.91. The van der Waals surface area contributed by atoms with Crippen LogP contribution >= 0.6 is 0 Å². The fraction of sp³-hybridized carbons (Fsp3) is 0.615. The topological polar surface area (TPSA) is 24.9 Å². The SMILES string of the molecule is CCC1(CNc2ncccc2C)CCC1. The molecular formula is C13H20N2. The Labute approximate surface area is 92.1 Å². The van der Waals surface area contributed by atoms with Crippen molar-refractivity contribution < 1.29 is 0 Å². The van der Waals surface area contributed by atoms with Gasteiger partial charge in [0.25, 0.3) is 0 Å². The van der Waals surface area contributed by atoms with Crippen LogP contribution in [0.5, 0.6) is 0 Å². The number of hydrogen-bond donors (Lipinski definition) is 1. The van der Waals surface area contributed by atoms with E-state index in [1.807, 2.05) is 12.3 Å². The first-order valence-electron chi connectivity index (χ1n) is 5.91. The quantitative estimate of drug-likeness (QED) is 0.813. The van der Waals surface area contributed by atoms with Gasteiger partial charge in [-0.2, -0.15) is 0 Å². The number of nitrogens with zero attached hydrogens (tertiary/aromatic N) is 1. The number of pyridine rings is 1. The third-order valence-corrected chi connectivity index (χ3v) is 3.80. The van der Waals surface area contributed by atoms with Crippen LogP contribution in [-0.4, -0.2) is 11.5 Å². The summed E-state index contributed by atoms with van der Waals surface area (Å²) in [7, 11) is 0. The van der Waals surface area contributed by atoms with Crippen LogP contribution in [0.3, 0.4) is 0 Å². The lowest BCUT2D eigenvalue weighted by atomic mass is 9.67. The lowest BCUT2D eigenvalue weighted by molar-refractivity contribution is 0.145. The molecule has 0 unspecified atom stereocenters. The fourth-order valence-corrected chi connectivity index (χ4v) is 2.27. The van der Waals surface area contributed by atoms with E-state index in [1.165, 1.54) is 31.2 Å². The highest BCUT2D eigenvalue weighted by atomic mass is 15.0. The average Bonchev–Trinajstić information content (AvgIpc) is 2.19. The van der Waals surface area contributed by atoms with Gasteiger partial charge in [0.2, 0.25) is 0 Å². The van der Waals surface area contributed by atoms with E-state index in [4.69, 9.17) is 0 Å². The molecule has 1 aliphatic rings. The molecule has 15 heavy (non-hydrogen) atoms. The lowest BCUT2D eigenvalue weighted by Gasteiger charge is -2.41. The molecule has 0 bridgehead atoms. The van der Waals surface area contributed by atoms with Crippen LogP contribution in [0.25, 0.3) is 0 Å². The largest absolute Gasteiger partial charge is 0.369 e. The molecule has 1 N–H and O–H groups in total. The van der Waals surface area contributed by atoms with E-state index in [1.54, 1.807) is 0 Å². The Kier molecular flexibility index (Phi) is 2.94. The highest BCUT2D eigenvalue weighted by molar-refractivity contribution is 5.42. The zero-order valence-corrected chi connectivity index (χ0v) is 9.71. The minimum absolute atomic E-state index is 0.559. The van der Waals surface area contributed by atoms with Gasteiger partial charge < -0.3 is 5.32 Å². The molecule has 0 aliphatic heterocycles. The minimum atomic E-state index is 0.559. The first-order chi connectivity index (χ1) is 7.26. The van der Waals surface area contributed by atoms with E-state index < -0.39 is 0 Å². The van der Waals surface area contributed by atoms with Gasteiger partial charge in [-0.25, -0.2) is 4.98 Å². The van der Waals surface area contributed by atoms with E-state index in [0.717, 1.165) is 12.4 Å². The monoisotopic (exact) mass is 204 g/mol. The molecule has 0 amide bonds. The van der Waals surface area contributed by atoms with Gasteiger partial charge >= 0.3 is 0 Å². The van der Waals surface area contributed by atoms with Crippen LogP contribution in [0.1, 0.15) is 38.2 Å². The van der Waals surface area contributed by atoms with Crippen molar-refractivity contribution in [2.24, 2.45) is 5.41 Å². The summed E-state index contributed by atoms with van der Waals surface area (Å²) in [6.45, 7) is 5.49. The van der Waals surface area contributed by atoms with E-state index >= 15 is 0 Å². The Morgan fingerprint density at radius 1 is 1.47 bits per heavy atom. The number of aromatic nitrogens is 1. The normalized spacial score (nSPS) is 18.3. The average molecular weight is 204 g/mol. The summed E-state index contributed by atoms with van der Waals surface area (Å²) in [5.74, 6) is 1.05. The van der Waals surface area contributed by atoms with Gasteiger partial charge in [-0.05, 0) is 43.2 Å². The second-order valence-corrected chi connectivity index (χ2v) is 4.73. The molecule has 1 aromatic heterocycles. The summed E-state index contributed by atoms with van der Waals surface area (Å²) in [6, 6.07) is 4.09. The molecule has 1 aromatic rings. The second kappa shape index (κ2) is 4.21. The van der Waals surface area contributed by atoms with Crippen LogP contribution < -0.4 is 5.32 Å². The van der Waals surface area contributed by atoms with Crippen molar-refractivity contribution >= 4 is 5.82 Å². The van der Waals surface area contributed by atoms with E-state index in [0.29, 0.717) is 5.41 Å². The molecule has 1 heterocycles. The maximum Gasteiger partial charge on any atom is 0.128 e. The molecule has 82 valence electrons. The predicted molar refractivity (Wildman–Crippen MR) is 64.0 cm³/mol. The second-order valence-electron chi connectivity index (χ2n) is 4.73. The molecule has 1 saturated carbocycles. The molecule has 1 aliphatic carbocycles. The third kappa shape index (κ3) is 2.14. The van der Waals surface area contributed by atoms with Crippen LogP contribution in [-0.2, 0) is 0 Å². The summed E-state index contributed by atoms with van der Waals surface area (Å²) >= 11 is 0. The number of anilines is 1. The third-order valence-electron chi connectivity index (χ3n) is 3.80. The van der Waals surface area contributed by atoms with Gasteiger partial charge in [-0.15, -0.1) is 0 Å². The van der Waals surface area contributed by atoms with Gasteiger partial charge in [0.05, 0.1) is 0 Å². The van der Waals surface area contributed by atoms with Crippen LogP contribution in [0.15, 0.2) is 18.3 Å². The van der Waals surface area contributed by atoms with Crippen molar-refractivity contribution in [2.45, 2.75) is 39.5 Å². The minimum Gasteiger partial charge on any atom is -0.369 e. The van der Waals surface area contributed by atoms with Crippen molar-refractivity contribution in [1.29, 1.82) is 0 Å². The molecule has 2 nitrogen and oxygen atoms in total. The molecule has 0 spiro atoms. The molecule has 0 radical (unpaired) electrons. The Hall–Kier alpha value is -1.05. The summed E-state index contributed by atoms with van der Waals surface area (Å²) in [4.78, 5) is 4.36. The highest BCUT2D eigenvalue weighted by Gasteiger charge is 2.34. The maximum atomic E-state index is 4.36. The molecule has 1 fully saturated rings. The van der Waals surface area contributed by atoms with E-state index in [9.17, 15) is 0 Å². The van der Waals surface area contributed by atoms with Gasteiger partial charge in [-0.1, -0.05) is 19.4 Å². The number of rotatable bonds is 4. The van der Waals surface area contributed by atoms with Crippen molar-refractivity contribution in [3.05, 3.63) is 23.9 Å². The number of hydrogen-bond acceptors (Lipinski definition) is 2. The van der Waals surface area contributed by atoms with Gasteiger partial charge in [0.15, 0.2) is 0 Å². The summed E-state index contributed by atoms with van der Waals surface area (Å²) < 4.78 is 0. The standard InChI is InChI=1S/C13H20N2/c1-3-13(7-5-8-13)10-15-12-11(2)6-4-9-14-12/h4,6,9H,3,5,7-8,10H2,1-2H3,(H,14,15). The summed E-state index contributed by atoms with van der Waals surface area (Å²) in [5.41, 5.74) is 1.80. The Bertz CT molecular complexity index is 324. The van der Waals surface area contributed by atoms with Crippen LogP contribution in [0, 0.1) is 12.3 Å². The smallest absolute Gasteiger partial charge is 0.128 e. The Balaban J connectivity index is 1.95. The fourth-order valence-electron chi connectivity index (χ4n) is 2.27. The highest BCUT2D eigenvalue weighted by Crippen LogP contribution is 2.43. The molecule has 0 saturated heterocycles. The van der Waals surface area contributed by atoms with Crippen molar-refractivity contribution in [3.8, 4) is 0 Å². The van der Waals surface area contributed by atoms with Gasteiger partial charge in [0, 0.05) is 12.7 Å². The molecular weight excluding hydrogens is 184 g/mol. The Morgan fingerprint density at radius 3 is 2.80 bits per heavy atom. The zero-order valence-electron chi connectivity index (χ0n) is 9.71. The maximum absolute atomic E-state index is 4.36. The van der Waals surface area contributed by atoms with Crippen LogP contribution in [0.2, 0.25) is 0 Å². The molecule has 2 rings (SSSR count). The Morgan fingerprint density at radius 2 is 2.27 bits per heavy atom. The van der Waals surface area contributed by atoms with Crippen molar-refractivity contribution in [1.82, 2.24) is 4.98 Å². The molecule has 2 heteroatoms. The lowest BCUT2D eigenvalue weighted by Crippen LogP contribution is -2.36. The van der Waals surface area contributed by atoms with Gasteiger partial charge in [0.1, 0.15) is 5.82 Å². The summed E-state index contributed by atoms with van der Waals surface area (Å²) in [5, 5.41) is 3.50. The van der Waals surface area contributed by atoms with E-state index in [2.05, 4.69) is 30.2 Å². The van der Waals surface area contributed by atoms with Crippen molar-refractivity contribution in [3.63, 3.8) is 0 Å². The van der Waals surface area contributed by atoms with E-state index in [-0.39, 0.29) is 0 Å². The van der Waals surface area contributed by atoms with Crippen LogP contribution in [0.4, 0.5) is 5.82 Å². The number of aryl methyl sites for hydroxylation is 1. The number of nitrogens with one attached hydrogen (secondary N) is 1. The van der Waals surface area contributed by atoms with Crippen molar-refractivity contribution in [2.75, 3.05) is 11.9 Å². The summed E-state index contributed by atoms with van der Waals surface area (Å²) in [6.07, 6.45) is 7.29. The molecule has 0 atom stereocenters. The van der Waals surface area contributed by atoms with Gasteiger partial charge in [-0.3, -0.25) is 0 Å².